The molecule has 3 aromatic carbocycles. The van der Waals surface area contributed by atoms with E-state index in [0.29, 0.717) is 18.1 Å². The van der Waals surface area contributed by atoms with Crippen LogP contribution < -0.4 is 4.68 Å². The normalized spacial score (nSPS) is 18.3. The Labute approximate surface area is 237 Å². The van der Waals surface area contributed by atoms with Crippen molar-refractivity contribution in [2.45, 2.75) is 37.8 Å². The van der Waals surface area contributed by atoms with E-state index in [0.717, 1.165) is 40.8 Å². The molecule has 9 heteroatoms. The lowest BCUT2D eigenvalue weighted by Crippen LogP contribution is -2.51. The van der Waals surface area contributed by atoms with Gasteiger partial charge in [-0.05, 0) is 65.4 Å². The van der Waals surface area contributed by atoms with Gasteiger partial charge in [-0.15, -0.1) is 4.68 Å². The zero-order valence-electron chi connectivity index (χ0n) is 21.8. The number of aromatic amines is 1. The molecule has 4 aromatic rings. The Morgan fingerprint density at radius 1 is 1.10 bits per heavy atom. The molecule has 6 rings (SSSR count). The Morgan fingerprint density at radius 2 is 1.98 bits per heavy atom. The van der Waals surface area contributed by atoms with Gasteiger partial charge < -0.3 is 4.90 Å². The average Bonchev–Trinajstić information content (AvgIpc) is 3.68. The average molecular weight is 552 g/mol. The van der Waals surface area contributed by atoms with Crippen molar-refractivity contribution in [1.29, 1.82) is 0 Å². The highest BCUT2D eigenvalue weighted by Gasteiger charge is 2.39. The molecule has 0 saturated carbocycles. The van der Waals surface area contributed by atoms with Crippen molar-refractivity contribution in [2.75, 3.05) is 6.54 Å². The number of tetrazole rings is 1. The second-order valence-electron chi connectivity index (χ2n) is 10.1. The van der Waals surface area contributed by atoms with Gasteiger partial charge in [0.05, 0.1) is 12.6 Å². The molecule has 8 nitrogen and oxygen atoms in total. The van der Waals surface area contributed by atoms with Crippen LogP contribution in [0.2, 0.25) is 5.02 Å². The lowest BCUT2D eigenvalue weighted by Gasteiger charge is -2.40. The molecule has 40 heavy (non-hydrogen) atoms. The van der Waals surface area contributed by atoms with Crippen LogP contribution in [-0.2, 0) is 22.6 Å². The fraction of sp³-hybridized carbons (Fsp3) is 0.226. The number of nitrogens with zero attached hydrogens (tertiary/aromatic N) is 5. The zero-order chi connectivity index (χ0) is 27.5. The van der Waals surface area contributed by atoms with Gasteiger partial charge in [-0.1, -0.05) is 59.3 Å². The number of halogens is 1. The molecule has 1 N–H and O–H groups in total. The highest BCUT2D eigenvalue weighted by Crippen LogP contribution is 2.34. The SMILES string of the molecule is O=C(Cc1ccc2c(c1)C=NC2)[C@@H]1[C@H](c2ccccc2)CCCN1C(=O)/C=C/c1cc(Cl)ccc1-[n+]1cnn[nH]1. The standard InChI is InChI=1S/C31H27ClN6O2/c32-26-11-12-28(38-20-34-35-36-38)23(17-26)10-13-30(40)37-14-4-7-27(22-5-2-1-3-6-22)31(37)29(39)16-21-8-9-24-18-33-19-25(24)15-21/h1-3,5-6,8-13,15,17,19-20,27,31H,4,7,14,16,18H2/p+1/b13-10+/t27-,31-/m0/s1. The van der Waals surface area contributed by atoms with Gasteiger partial charge in [0.25, 0.3) is 6.33 Å². The summed E-state index contributed by atoms with van der Waals surface area (Å²) in [6, 6.07) is 20.9. The van der Waals surface area contributed by atoms with Crippen LogP contribution in [-0.4, -0.2) is 50.9 Å². The Kier molecular flexibility index (Phi) is 7.33. The van der Waals surface area contributed by atoms with Crippen LogP contribution >= 0.6 is 11.6 Å². The predicted molar refractivity (Wildman–Crippen MR) is 152 cm³/mol. The number of carbonyl (C=O) groups is 2. The first kappa shape index (κ1) is 25.8. The molecule has 2 atom stereocenters. The van der Waals surface area contributed by atoms with Gasteiger partial charge in [0.2, 0.25) is 5.91 Å². The summed E-state index contributed by atoms with van der Waals surface area (Å²) in [6.45, 7) is 1.20. The molecule has 2 aliphatic rings. The van der Waals surface area contributed by atoms with Crippen LogP contribution in [0.1, 0.15) is 46.6 Å². The molecule has 200 valence electrons. The lowest BCUT2D eigenvalue weighted by molar-refractivity contribution is -0.660. The third kappa shape index (κ3) is 5.35. The Morgan fingerprint density at radius 3 is 2.80 bits per heavy atom. The largest absolute Gasteiger partial charge is 0.328 e. The molecule has 1 fully saturated rings. The zero-order valence-corrected chi connectivity index (χ0v) is 22.5. The van der Waals surface area contributed by atoms with Crippen LogP contribution in [0, 0.1) is 0 Å². The van der Waals surface area contributed by atoms with Crippen molar-refractivity contribution in [2.24, 2.45) is 4.99 Å². The van der Waals surface area contributed by atoms with E-state index in [1.807, 2.05) is 48.7 Å². The van der Waals surface area contributed by atoms with E-state index in [-0.39, 0.29) is 24.0 Å². The number of likely N-dealkylation sites (tertiary alicyclic amines) is 1. The van der Waals surface area contributed by atoms with Crippen molar-refractivity contribution >= 4 is 35.6 Å². The maximum absolute atomic E-state index is 14.0. The van der Waals surface area contributed by atoms with E-state index in [1.54, 1.807) is 27.8 Å². The fourth-order valence-corrected chi connectivity index (χ4v) is 5.87. The second-order valence-corrected chi connectivity index (χ2v) is 10.6. The first-order chi connectivity index (χ1) is 19.6. The van der Waals surface area contributed by atoms with Crippen molar-refractivity contribution in [3.8, 4) is 5.69 Å². The van der Waals surface area contributed by atoms with Crippen LogP contribution in [0.5, 0.6) is 0 Å². The number of H-pyrrole nitrogens is 1. The number of nitrogens with one attached hydrogen (secondary N) is 1. The number of ketones is 1. The number of aromatic nitrogens is 4. The maximum atomic E-state index is 14.0. The number of benzene rings is 3. The summed E-state index contributed by atoms with van der Waals surface area (Å²) in [5, 5.41) is 10.9. The monoisotopic (exact) mass is 551 g/mol. The topological polar surface area (TPSA) is 95.2 Å². The maximum Gasteiger partial charge on any atom is 0.293 e. The minimum absolute atomic E-state index is 0.0349. The molecular formula is C31H28ClN6O2+. The number of fused-ring (bicyclic) bond motifs is 1. The quantitative estimate of drug-likeness (QED) is 0.274. The number of hydrogen-bond acceptors (Lipinski definition) is 5. The smallest absolute Gasteiger partial charge is 0.293 e. The van der Waals surface area contributed by atoms with Crippen LogP contribution in [0.25, 0.3) is 11.8 Å². The summed E-state index contributed by atoms with van der Waals surface area (Å²) in [4.78, 5) is 33.8. The molecule has 1 amide bonds. The molecule has 0 spiro atoms. The minimum Gasteiger partial charge on any atom is -0.328 e. The molecule has 1 saturated heterocycles. The van der Waals surface area contributed by atoms with E-state index in [9.17, 15) is 9.59 Å². The van der Waals surface area contributed by atoms with Gasteiger partial charge in [0, 0.05) is 41.8 Å². The van der Waals surface area contributed by atoms with Gasteiger partial charge in [0.15, 0.2) is 11.0 Å². The van der Waals surface area contributed by atoms with Crippen molar-refractivity contribution in [3.05, 3.63) is 112 Å². The summed E-state index contributed by atoms with van der Waals surface area (Å²) in [6.07, 6.45) is 8.56. The highest BCUT2D eigenvalue weighted by atomic mass is 35.5. The van der Waals surface area contributed by atoms with E-state index < -0.39 is 6.04 Å². The highest BCUT2D eigenvalue weighted by molar-refractivity contribution is 6.30. The molecule has 2 aliphatic heterocycles. The predicted octanol–water partition coefficient (Wildman–Crippen LogP) is 4.27. The Balaban J connectivity index is 1.30. The second kappa shape index (κ2) is 11.4. The van der Waals surface area contributed by atoms with Crippen molar-refractivity contribution in [1.82, 2.24) is 20.4 Å². The van der Waals surface area contributed by atoms with Gasteiger partial charge in [-0.3, -0.25) is 14.6 Å². The molecular weight excluding hydrogens is 524 g/mol. The van der Waals surface area contributed by atoms with Crippen LogP contribution in [0.15, 0.2) is 84.1 Å². The molecule has 0 unspecified atom stereocenters. The van der Waals surface area contributed by atoms with Crippen LogP contribution in [0.3, 0.4) is 0 Å². The Bertz CT molecular complexity index is 1600. The van der Waals surface area contributed by atoms with E-state index in [2.05, 4.69) is 32.7 Å². The lowest BCUT2D eigenvalue weighted by atomic mass is 9.80. The summed E-state index contributed by atoms with van der Waals surface area (Å²) in [5.74, 6) is -0.254. The van der Waals surface area contributed by atoms with Crippen LogP contribution in [0.4, 0.5) is 0 Å². The first-order valence-electron chi connectivity index (χ1n) is 13.3. The number of carbonyl (C=O) groups excluding carboxylic acids is 2. The number of Topliss-reactive ketones (excluding diaryl/α,β-unsaturated/α-hetero) is 1. The molecule has 0 aliphatic carbocycles. The number of piperidine rings is 1. The van der Waals surface area contributed by atoms with E-state index in [1.165, 1.54) is 18.0 Å². The van der Waals surface area contributed by atoms with Gasteiger partial charge in [-0.25, -0.2) is 0 Å². The molecule has 1 aromatic heterocycles. The third-order valence-electron chi connectivity index (χ3n) is 7.58. The van der Waals surface area contributed by atoms with Gasteiger partial charge >= 0.3 is 0 Å². The van der Waals surface area contributed by atoms with Gasteiger partial charge in [0.1, 0.15) is 10.8 Å². The number of amides is 1. The summed E-state index contributed by atoms with van der Waals surface area (Å²) in [7, 11) is 0. The fourth-order valence-electron chi connectivity index (χ4n) is 5.69. The number of rotatable bonds is 7. The van der Waals surface area contributed by atoms with Gasteiger partial charge in [-0.2, -0.15) is 0 Å². The minimum atomic E-state index is -0.569. The molecule has 0 bridgehead atoms. The van der Waals surface area contributed by atoms with Crippen molar-refractivity contribution < 1.29 is 14.3 Å². The van der Waals surface area contributed by atoms with E-state index >= 15 is 0 Å². The summed E-state index contributed by atoms with van der Waals surface area (Å²) < 4.78 is 1.64. The Hall–Kier alpha value is -4.43. The molecule has 3 heterocycles. The summed E-state index contributed by atoms with van der Waals surface area (Å²) >= 11 is 6.27. The van der Waals surface area contributed by atoms with E-state index in [4.69, 9.17) is 11.6 Å². The molecule has 0 radical (unpaired) electrons. The van der Waals surface area contributed by atoms with Crippen molar-refractivity contribution in [3.63, 3.8) is 0 Å². The number of aliphatic imine (C=N–C) groups is 1. The third-order valence-corrected chi connectivity index (χ3v) is 7.82. The first-order valence-corrected chi connectivity index (χ1v) is 13.7. The number of hydrogen-bond donors (Lipinski definition) is 1. The summed E-state index contributed by atoms with van der Waals surface area (Å²) in [5.41, 5.74) is 5.70.